The lowest BCUT2D eigenvalue weighted by Gasteiger charge is -2.22. The van der Waals surface area contributed by atoms with Gasteiger partial charge in [0.25, 0.3) is 0 Å². The zero-order valence-corrected chi connectivity index (χ0v) is 26.6. The number of benzene rings is 6. The minimum Gasteiger partial charge on any atom is -0.0619 e. The normalized spacial score (nSPS) is 15.0. The molecule has 0 bridgehead atoms. The Labute approximate surface area is 263 Å². The van der Waals surface area contributed by atoms with Crippen LogP contribution in [0.25, 0.3) is 55.6 Å². The molecule has 1 heteroatoms. The highest BCUT2D eigenvalue weighted by molar-refractivity contribution is 9.10. The van der Waals surface area contributed by atoms with Gasteiger partial charge in [-0.2, -0.15) is 0 Å². The molecule has 0 radical (unpaired) electrons. The van der Waals surface area contributed by atoms with E-state index in [1.807, 2.05) is 0 Å². The Kier molecular flexibility index (Phi) is 5.78. The third kappa shape index (κ3) is 4.02. The first kappa shape index (κ1) is 26.4. The average Bonchev–Trinajstić information content (AvgIpc) is 3.40. The van der Waals surface area contributed by atoms with Gasteiger partial charge in [0.1, 0.15) is 0 Å². The fourth-order valence-corrected chi connectivity index (χ4v) is 7.80. The predicted octanol–water partition coefficient (Wildman–Crippen LogP) is 12.1. The Morgan fingerprint density at radius 1 is 0.349 bits per heavy atom. The lowest BCUT2D eigenvalue weighted by Crippen LogP contribution is -2.15. The molecule has 0 aliphatic heterocycles. The van der Waals surface area contributed by atoms with Crippen molar-refractivity contribution in [3.05, 3.63) is 154 Å². The Morgan fingerprint density at radius 3 is 1.19 bits per heavy atom. The highest BCUT2D eigenvalue weighted by Gasteiger charge is 2.36. The molecule has 0 N–H and O–H groups in total. The van der Waals surface area contributed by atoms with Crippen LogP contribution in [-0.2, 0) is 10.8 Å². The van der Waals surface area contributed by atoms with Gasteiger partial charge in [0.15, 0.2) is 0 Å². The van der Waals surface area contributed by atoms with E-state index in [2.05, 4.69) is 171 Å². The number of hydrogen-bond donors (Lipinski definition) is 0. The van der Waals surface area contributed by atoms with E-state index in [9.17, 15) is 0 Å². The van der Waals surface area contributed by atoms with Crippen LogP contribution >= 0.6 is 15.9 Å². The molecule has 0 nitrogen and oxygen atoms in total. The summed E-state index contributed by atoms with van der Waals surface area (Å²) in [6, 6.07) is 47.7. The second-order valence-electron chi connectivity index (χ2n) is 13.2. The minimum absolute atomic E-state index is 0.0331. The van der Waals surface area contributed by atoms with Gasteiger partial charge in [-0.15, -0.1) is 0 Å². The molecule has 0 atom stereocenters. The monoisotopic (exact) mass is 616 g/mol. The van der Waals surface area contributed by atoms with Gasteiger partial charge < -0.3 is 0 Å². The van der Waals surface area contributed by atoms with Crippen LogP contribution in [0.5, 0.6) is 0 Å². The van der Waals surface area contributed by atoms with Gasteiger partial charge in [-0.25, -0.2) is 0 Å². The summed E-state index contributed by atoms with van der Waals surface area (Å²) in [5.41, 5.74) is 18.4. The number of fused-ring (bicyclic) bond motifs is 6. The summed E-state index contributed by atoms with van der Waals surface area (Å²) in [5, 5.41) is 0. The van der Waals surface area contributed by atoms with Crippen LogP contribution in [0.4, 0.5) is 0 Å². The Bertz CT molecular complexity index is 1950. The maximum Gasteiger partial charge on any atom is 0.0175 e. The molecule has 0 saturated heterocycles. The van der Waals surface area contributed by atoms with Crippen molar-refractivity contribution in [3.8, 4) is 55.6 Å². The van der Waals surface area contributed by atoms with Crippen molar-refractivity contribution in [2.75, 3.05) is 0 Å². The lowest BCUT2D eigenvalue weighted by molar-refractivity contribution is 0.660. The predicted molar refractivity (Wildman–Crippen MR) is 186 cm³/mol. The maximum absolute atomic E-state index is 3.62. The van der Waals surface area contributed by atoms with Crippen LogP contribution < -0.4 is 0 Å². The quantitative estimate of drug-likeness (QED) is 0.185. The molecule has 0 spiro atoms. The molecule has 2 aliphatic carbocycles. The molecule has 0 amide bonds. The van der Waals surface area contributed by atoms with E-state index in [1.165, 1.54) is 77.9 Å². The number of rotatable bonds is 3. The first-order valence-corrected chi connectivity index (χ1v) is 15.9. The van der Waals surface area contributed by atoms with Crippen molar-refractivity contribution in [2.45, 2.75) is 38.5 Å². The Morgan fingerprint density at radius 2 is 0.721 bits per heavy atom. The lowest BCUT2D eigenvalue weighted by atomic mass is 9.81. The molecule has 0 aromatic heterocycles. The van der Waals surface area contributed by atoms with Gasteiger partial charge in [0.05, 0.1) is 0 Å². The van der Waals surface area contributed by atoms with Gasteiger partial charge in [0, 0.05) is 15.3 Å². The van der Waals surface area contributed by atoms with Crippen molar-refractivity contribution in [1.82, 2.24) is 0 Å². The minimum atomic E-state index is -0.0331. The first-order chi connectivity index (χ1) is 20.7. The van der Waals surface area contributed by atoms with Crippen molar-refractivity contribution in [3.63, 3.8) is 0 Å². The smallest absolute Gasteiger partial charge is 0.0175 e. The second kappa shape index (κ2) is 9.40. The fraction of sp³-hybridized carbons (Fsp3) is 0.143. The van der Waals surface area contributed by atoms with Crippen LogP contribution in [-0.4, -0.2) is 0 Å². The van der Waals surface area contributed by atoms with Crippen molar-refractivity contribution in [1.29, 1.82) is 0 Å². The molecule has 6 aromatic carbocycles. The van der Waals surface area contributed by atoms with Crippen molar-refractivity contribution >= 4 is 15.9 Å². The second-order valence-corrected chi connectivity index (χ2v) is 14.1. The molecule has 8 rings (SSSR count). The standard InChI is InChI=1S/C42H33Br/c1-41(2)37-11-7-5-9-33(37)35-19-15-27(24-39(35)41)30-21-29(26-13-17-32(43)18-14-26)22-31(23-30)28-16-20-36-34-10-6-8-12-38(34)42(3,4)40(36)25-28/h5-25H,1-4H3. The van der Waals surface area contributed by atoms with Crippen LogP contribution in [0.1, 0.15) is 49.9 Å². The largest absolute Gasteiger partial charge is 0.0619 e. The first-order valence-electron chi connectivity index (χ1n) is 15.1. The van der Waals surface area contributed by atoms with Gasteiger partial charge in [-0.05, 0) is 120 Å². The summed E-state index contributed by atoms with van der Waals surface area (Å²) in [6.45, 7) is 9.43. The highest BCUT2D eigenvalue weighted by atomic mass is 79.9. The average molecular weight is 618 g/mol. The Hall–Kier alpha value is -4.20. The number of hydrogen-bond acceptors (Lipinski definition) is 0. The Balaban J connectivity index is 1.30. The summed E-state index contributed by atoms with van der Waals surface area (Å²) in [4.78, 5) is 0. The highest BCUT2D eigenvalue weighted by Crippen LogP contribution is 2.51. The molecule has 0 unspecified atom stereocenters. The third-order valence-corrected chi connectivity index (χ3v) is 10.5. The molecule has 43 heavy (non-hydrogen) atoms. The molecular weight excluding hydrogens is 584 g/mol. The molecule has 2 aliphatic rings. The van der Waals surface area contributed by atoms with Gasteiger partial charge in [0.2, 0.25) is 0 Å². The van der Waals surface area contributed by atoms with Gasteiger partial charge in [-0.3, -0.25) is 0 Å². The van der Waals surface area contributed by atoms with Crippen LogP contribution in [0, 0.1) is 0 Å². The molecule has 6 aromatic rings. The van der Waals surface area contributed by atoms with Crippen molar-refractivity contribution < 1.29 is 0 Å². The van der Waals surface area contributed by atoms with Crippen molar-refractivity contribution in [2.24, 2.45) is 0 Å². The molecular formula is C42H33Br. The van der Waals surface area contributed by atoms with E-state index in [1.54, 1.807) is 0 Å². The van der Waals surface area contributed by atoms with E-state index in [4.69, 9.17) is 0 Å². The van der Waals surface area contributed by atoms with E-state index >= 15 is 0 Å². The van der Waals surface area contributed by atoms with E-state index < -0.39 is 0 Å². The third-order valence-electron chi connectivity index (χ3n) is 9.94. The SMILES string of the molecule is CC1(C)c2ccccc2-c2ccc(-c3cc(-c4ccc(Br)cc4)cc(-c4ccc5c(c4)C(C)(C)c4ccccc4-5)c3)cc21. The zero-order valence-electron chi connectivity index (χ0n) is 25.0. The number of halogens is 1. The summed E-state index contributed by atoms with van der Waals surface area (Å²) < 4.78 is 1.09. The topological polar surface area (TPSA) is 0 Å². The van der Waals surface area contributed by atoms with Crippen LogP contribution in [0.2, 0.25) is 0 Å². The molecule has 0 heterocycles. The van der Waals surface area contributed by atoms with E-state index in [-0.39, 0.29) is 10.8 Å². The summed E-state index contributed by atoms with van der Waals surface area (Å²) >= 11 is 3.62. The summed E-state index contributed by atoms with van der Waals surface area (Å²) in [7, 11) is 0. The van der Waals surface area contributed by atoms with Crippen LogP contribution in [0.3, 0.4) is 0 Å². The molecule has 0 saturated carbocycles. The molecule has 208 valence electrons. The van der Waals surface area contributed by atoms with Gasteiger partial charge >= 0.3 is 0 Å². The maximum atomic E-state index is 3.62. The summed E-state index contributed by atoms with van der Waals surface area (Å²) in [6.07, 6.45) is 0. The van der Waals surface area contributed by atoms with E-state index in [0.717, 1.165) is 4.47 Å². The van der Waals surface area contributed by atoms with Gasteiger partial charge in [-0.1, -0.05) is 129 Å². The van der Waals surface area contributed by atoms with E-state index in [0.29, 0.717) is 0 Å². The molecule has 0 fully saturated rings. The van der Waals surface area contributed by atoms with Crippen LogP contribution in [0.15, 0.2) is 132 Å². The summed E-state index contributed by atoms with van der Waals surface area (Å²) in [5.74, 6) is 0. The fourth-order valence-electron chi connectivity index (χ4n) is 7.54. The zero-order chi connectivity index (χ0) is 29.5.